The summed E-state index contributed by atoms with van der Waals surface area (Å²) in [7, 11) is 0. The van der Waals surface area contributed by atoms with Crippen LogP contribution < -0.4 is 5.73 Å². The molecule has 0 spiro atoms. The van der Waals surface area contributed by atoms with Crippen molar-refractivity contribution in [2.24, 2.45) is 5.73 Å². The summed E-state index contributed by atoms with van der Waals surface area (Å²) >= 11 is 1.75. The number of hydrogen-bond donors (Lipinski definition) is 1. The molecule has 2 N–H and O–H groups in total. The molecule has 1 heterocycles. The molecule has 2 aliphatic rings. The molecule has 1 atom stereocenters. The van der Waals surface area contributed by atoms with E-state index in [4.69, 9.17) is 5.73 Å². The van der Waals surface area contributed by atoms with Crippen LogP contribution in [0.15, 0.2) is 5.16 Å². The molecule has 2 fully saturated rings. The zero-order chi connectivity index (χ0) is 11.1. The molecule has 2 saturated carbocycles. The molecule has 1 aromatic rings. The van der Waals surface area contributed by atoms with E-state index in [0.717, 1.165) is 10.9 Å². The summed E-state index contributed by atoms with van der Waals surface area (Å²) in [5.41, 5.74) is 5.78. The van der Waals surface area contributed by atoms with Gasteiger partial charge in [0.2, 0.25) is 0 Å². The third-order valence-electron chi connectivity index (χ3n) is 3.02. The smallest absolute Gasteiger partial charge is 0.191 e. The molecule has 2 aliphatic carbocycles. The van der Waals surface area contributed by atoms with Crippen LogP contribution in [0.5, 0.6) is 0 Å². The van der Waals surface area contributed by atoms with Crippen LogP contribution in [0.3, 0.4) is 0 Å². The topological polar surface area (TPSA) is 56.7 Å². The fraction of sp³-hybridized carbons (Fsp3) is 0.818. The van der Waals surface area contributed by atoms with Crippen molar-refractivity contribution in [1.82, 2.24) is 14.8 Å². The van der Waals surface area contributed by atoms with Gasteiger partial charge in [-0.3, -0.25) is 0 Å². The molecule has 4 nitrogen and oxygen atoms in total. The average Bonchev–Trinajstić information content (AvgIpc) is 3.13. The summed E-state index contributed by atoms with van der Waals surface area (Å²) in [5, 5.41) is 9.78. The van der Waals surface area contributed by atoms with Gasteiger partial charge in [0.15, 0.2) is 5.16 Å². The van der Waals surface area contributed by atoms with Gasteiger partial charge in [-0.05, 0) is 32.6 Å². The van der Waals surface area contributed by atoms with Crippen molar-refractivity contribution in [3.05, 3.63) is 5.82 Å². The van der Waals surface area contributed by atoms with E-state index >= 15 is 0 Å². The first-order valence-electron chi connectivity index (χ1n) is 6.09. The predicted octanol–water partition coefficient (Wildman–Crippen LogP) is 1.93. The van der Waals surface area contributed by atoms with E-state index < -0.39 is 0 Å². The number of rotatable bonds is 5. The van der Waals surface area contributed by atoms with Gasteiger partial charge in [0, 0.05) is 23.8 Å². The van der Waals surface area contributed by atoms with Gasteiger partial charge in [-0.25, -0.2) is 0 Å². The van der Waals surface area contributed by atoms with Gasteiger partial charge < -0.3 is 10.3 Å². The van der Waals surface area contributed by atoms with Crippen molar-refractivity contribution in [2.75, 3.05) is 5.75 Å². The van der Waals surface area contributed by atoms with Crippen LogP contribution in [0, 0.1) is 0 Å². The first kappa shape index (κ1) is 10.6. The molecule has 1 unspecified atom stereocenters. The SMILES string of the molecule is CC(N)CSc1nnc(C2CC2)n1C1CC1. The monoisotopic (exact) mass is 238 g/mol. The Bertz CT molecular complexity index is 379. The Hall–Kier alpha value is -0.550. The zero-order valence-corrected chi connectivity index (χ0v) is 10.4. The lowest BCUT2D eigenvalue weighted by Gasteiger charge is -2.08. The molecule has 16 heavy (non-hydrogen) atoms. The van der Waals surface area contributed by atoms with E-state index in [9.17, 15) is 0 Å². The second kappa shape index (κ2) is 4.04. The Kier molecular flexibility index (Phi) is 2.67. The summed E-state index contributed by atoms with van der Waals surface area (Å²) in [6.45, 7) is 2.03. The lowest BCUT2D eigenvalue weighted by atomic mass is 10.4. The Morgan fingerprint density at radius 2 is 2.12 bits per heavy atom. The molecular formula is C11H18N4S. The maximum atomic E-state index is 5.78. The van der Waals surface area contributed by atoms with Gasteiger partial charge in [-0.1, -0.05) is 11.8 Å². The minimum absolute atomic E-state index is 0.221. The largest absolute Gasteiger partial charge is 0.327 e. The molecule has 88 valence electrons. The van der Waals surface area contributed by atoms with Gasteiger partial charge in [-0.15, -0.1) is 10.2 Å². The molecule has 3 rings (SSSR count). The average molecular weight is 238 g/mol. The third kappa shape index (κ3) is 2.11. The Morgan fingerprint density at radius 3 is 2.69 bits per heavy atom. The number of nitrogens with zero attached hydrogens (tertiary/aromatic N) is 3. The molecule has 0 amide bonds. The highest BCUT2D eigenvalue weighted by Gasteiger charge is 2.36. The number of nitrogens with two attached hydrogens (primary N) is 1. The highest BCUT2D eigenvalue weighted by molar-refractivity contribution is 7.99. The molecule has 0 saturated heterocycles. The lowest BCUT2D eigenvalue weighted by molar-refractivity contribution is 0.626. The van der Waals surface area contributed by atoms with E-state index in [0.29, 0.717) is 12.0 Å². The lowest BCUT2D eigenvalue weighted by Crippen LogP contribution is -2.18. The Labute approximate surface area is 100.0 Å². The third-order valence-corrected chi connectivity index (χ3v) is 4.25. The molecule has 0 aromatic carbocycles. The van der Waals surface area contributed by atoms with Crippen LogP contribution in [-0.4, -0.2) is 26.6 Å². The van der Waals surface area contributed by atoms with Gasteiger partial charge in [0.05, 0.1) is 0 Å². The van der Waals surface area contributed by atoms with E-state index in [1.165, 1.54) is 31.5 Å². The molecule has 0 bridgehead atoms. The number of aromatic nitrogens is 3. The van der Waals surface area contributed by atoms with Gasteiger partial charge >= 0.3 is 0 Å². The zero-order valence-electron chi connectivity index (χ0n) is 9.59. The fourth-order valence-corrected chi connectivity index (χ4v) is 2.78. The standard InChI is InChI=1S/C11H18N4S/c1-7(12)6-16-11-14-13-10(8-2-3-8)15(11)9-4-5-9/h7-9H,2-6,12H2,1H3. The van der Waals surface area contributed by atoms with Crippen LogP contribution in [0.2, 0.25) is 0 Å². The van der Waals surface area contributed by atoms with Gasteiger partial charge in [-0.2, -0.15) is 0 Å². The summed E-state index contributed by atoms with van der Waals surface area (Å²) in [6.07, 6.45) is 5.18. The fourth-order valence-electron chi connectivity index (χ4n) is 1.89. The van der Waals surface area contributed by atoms with Gasteiger partial charge in [0.1, 0.15) is 5.82 Å². The number of thioether (sulfide) groups is 1. The second-order valence-electron chi connectivity index (χ2n) is 5.00. The highest BCUT2D eigenvalue weighted by atomic mass is 32.2. The molecule has 1 aromatic heterocycles. The maximum Gasteiger partial charge on any atom is 0.191 e. The molecular weight excluding hydrogens is 220 g/mol. The van der Waals surface area contributed by atoms with Crippen molar-refractivity contribution < 1.29 is 0 Å². The van der Waals surface area contributed by atoms with Crippen LogP contribution in [0.25, 0.3) is 0 Å². The first-order valence-corrected chi connectivity index (χ1v) is 7.07. The normalized spacial score (nSPS) is 22.4. The first-order chi connectivity index (χ1) is 7.75. The van der Waals surface area contributed by atoms with Crippen molar-refractivity contribution in [3.8, 4) is 0 Å². The van der Waals surface area contributed by atoms with Crippen LogP contribution >= 0.6 is 11.8 Å². The minimum atomic E-state index is 0.221. The summed E-state index contributed by atoms with van der Waals surface area (Å²) in [5.74, 6) is 2.85. The quantitative estimate of drug-likeness (QED) is 0.796. The minimum Gasteiger partial charge on any atom is -0.327 e. The van der Waals surface area contributed by atoms with E-state index in [1.807, 2.05) is 6.92 Å². The Balaban J connectivity index is 1.80. The van der Waals surface area contributed by atoms with Crippen molar-refractivity contribution >= 4 is 11.8 Å². The molecule has 0 radical (unpaired) electrons. The van der Waals surface area contributed by atoms with Crippen molar-refractivity contribution in [3.63, 3.8) is 0 Å². The van der Waals surface area contributed by atoms with Crippen molar-refractivity contribution in [2.45, 2.75) is 55.8 Å². The predicted molar refractivity (Wildman–Crippen MR) is 64.6 cm³/mol. The van der Waals surface area contributed by atoms with E-state index in [2.05, 4.69) is 14.8 Å². The van der Waals surface area contributed by atoms with E-state index in [-0.39, 0.29) is 6.04 Å². The number of hydrogen-bond acceptors (Lipinski definition) is 4. The van der Waals surface area contributed by atoms with Crippen LogP contribution in [0.1, 0.15) is 50.4 Å². The highest BCUT2D eigenvalue weighted by Crippen LogP contribution is 2.45. The van der Waals surface area contributed by atoms with Crippen molar-refractivity contribution in [1.29, 1.82) is 0 Å². The second-order valence-corrected chi connectivity index (χ2v) is 5.99. The Morgan fingerprint density at radius 1 is 1.38 bits per heavy atom. The van der Waals surface area contributed by atoms with Gasteiger partial charge in [0.25, 0.3) is 0 Å². The van der Waals surface area contributed by atoms with Crippen LogP contribution in [0.4, 0.5) is 0 Å². The summed E-state index contributed by atoms with van der Waals surface area (Å²) < 4.78 is 2.38. The van der Waals surface area contributed by atoms with E-state index in [1.54, 1.807) is 11.8 Å². The maximum absolute atomic E-state index is 5.78. The molecule has 0 aliphatic heterocycles. The summed E-state index contributed by atoms with van der Waals surface area (Å²) in [4.78, 5) is 0. The van der Waals surface area contributed by atoms with Crippen LogP contribution in [-0.2, 0) is 0 Å². The summed E-state index contributed by atoms with van der Waals surface area (Å²) in [6, 6.07) is 0.903. The molecule has 5 heteroatoms.